The summed E-state index contributed by atoms with van der Waals surface area (Å²) in [6.07, 6.45) is 1.79. The van der Waals surface area contributed by atoms with Gasteiger partial charge in [0.05, 0.1) is 11.6 Å². The van der Waals surface area contributed by atoms with Gasteiger partial charge in [0.2, 0.25) is 0 Å². The van der Waals surface area contributed by atoms with Crippen LogP contribution in [0.2, 0.25) is 5.02 Å². The Morgan fingerprint density at radius 3 is 2.61 bits per heavy atom. The molecule has 0 aliphatic carbocycles. The molecule has 1 aromatic carbocycles. The minimum Gasteiger partial charge on any atom is -0.459 e. The van der Waals surface area contributed by atoms with Crippen molar-refractivity contribution < 1.29 is 14.3 Å². The number of thioether (sulfide) groups is 1. The van der Waals surface area contributed by atoms with Gasteiger partial charge in [-0.25, -0.2) is 4.79 Å². The van der Waals surface area contributed by atoms with Crippen molar-refractivity contribution in [3.8, 4) is 6.07 Å². The van der Waals surface area contributed by atoms with Crippen molar-refractivity contribution >= 4 is 29.3 Å². The summed E-state index contributed by atoms with van der Waals surface area (Å²) in [5.74, 6) is -0.653. The van der Waals surface area contributed by atoms with Gasteiger partial charge < -0.3 is 14.8 Å². The third-order valence-corrected chi connectivity index (χ3v) is 3.79. The predicted molar refractivity (Wildman–Crippen MR) is 91.9 cm³/mol. The van der Waals surface area contributed by atoms with Gasteiger partial charge in [-0.3, -0.25) is 0 Å². The van der Waals surface area contributed by atoms with Crippen LogP contribution < -0.4 is 5.32 Å². The van der Waals surface area contributed by atoms with Gasteiger partial charge in [-0.15, -0.1) is 11.8 Å². The molecule has 23 heavy (non-hydrogen) atoms. The molecule has 1 rings (SSSR count). The smallest absolute Gasteiger partial charge is 0.351 e. The number of esters is 1. The van der Waals surface area contributed by atoms with Gasteiger partial charge >= 0.3 is 5.97 Å². The first kappa shape index (κ1) is 19.4. The predicted octanol–water partition coefficient (Wildman–Crippen LogP) is 3.11. The molecule has 5 nitrogen and oxygen atoms in total. The van der Waals surface area contributed by atoms with Crippen LogP contribution in [0.5, 0.6) is 0 Å². The zero-order chi connectivity index (χ0) is 17.1. The Bertz CT molecular complexity index is 582. The van der Waals surface area contributed by atoms with Gasteiger partial charge in [-0.2, -0.15) is 5.26 Å². The molecular formula is C16H19ClN2O3S. The third kappa shape index (κ3) is 6.95. The highest BCUT2D eigenvalue weighted by Crippen LogP contribution is 2.16. The van der Waals surface area contributed by atoms with Crippen molar-refractivity contribution in [1.29, 1.82) is 5.26 Å². The molecule has 0 saturated heterocycles. The van der Waals surface area contributed by atoms with Crippen molar-refractivity contribution in [3.63, 3.8) is 0 Å². The molecule has 0 unspecified atom stereocenters. The maximum absolute atomic E-state index is 12.0. The van der Waals surface area contributed by atoms with Crippen molar-refractivity contribution in [2.45, 2.75) is 13.5 Å². The Kier molecular flexibility index (Phi) is 9.22. The summed E-state index contributed by atoms with van der Waals surface area (Å²) in [6.45, 7) is 3.32. The fourth-order valence-corrected chi connectivity index (χ4v) is 2.32. The highest BCUT2D eigenvalue weighted by atomic mass is 35.5. The highest BCUT2D eigenvalue weighted by Gasteiger charge is 2.16. The van der Waals surface area contributed by atoms with E-state index in [4.69, 9.17) is 21.1 Å². The molecule has 124 valence electrons. The molecular weight excluding hydrogens is 336 g/mol. The Morgan fingerprint density at radius 1 is 1.35 bits per heavy atom. The molecule has 0 aliphatic rings. The average molecular weight is 355 g/mol. The van der Waals surface area contributed by atoms with Crippen LogP contribution in [0.3, 0.4) is 0 Å². The van der Waals surface area contributed by atoms with Gasteiger partial charge in [0.1, 0.15) is 12.7 Å². The second kappa shape index (κ2) is 10.9. The van der Waals surface area contributed by atoms with E-state index < -0.39 is 5.97 Å². The van der Waals surface area contributed by atoms with Crippen LogP contribution >= 0.6 is 23.4 Å². The number of ether oxygens (including phenoxy) is 2. The number of benzene rings is 1. The Labute approximate surface area is 145 Å². The summed E-state index contributed by atoms with van der Waals surface area (Å²) >= 11 is 7.12. The number of nitrogens with zero attached hydrogens (tertiary/aromatic N) is 1. The number of nitriles is 1. The quantitative estimate of drug-likeness (QED) is 0.318. The minimum atomic E-state index is -0.653. The lowest BCUT2D eigenvalue weighted by atomic mass is 10.2. The number of hydrogen-bond acceptors (Lipinski definition) is 6. The maximum atomic E-state index is 12.0. The van der Waals surface area contributed by atoms with E-state index in [0.29, 0.717) is 29.8 Å². The Morgan fingerprint density at radius 2 is 2.04 bits per heavy atom. The number of carbonyl (C=O) groups excluding carboxylic acids is 1. The summed E-state index contributed by atoms with van der Waals surface area (Å²) in [5.41, 5.74) is 0.950. The van der Waals surface area contributed by atoms with Crippen molar-refractivity contribution in [1.82, 2.24) is 5.32 Å². The SMILES string of the molecule is CCOCCOC(=O)/C(C#N)=C(/NCc1ccc(Cl)cc1)SC. The highest BCUT2D eigenvalue weighted by molar-refractivity contribution is 8.02. The first-order chi connectivity index (χ1) is 11.1. The second-order valence-electron chi connectivity index (χ2n) is 4.33. The van der Waals surface area contributed by atoms with E-state index in [2.05, 4.69) is 5.32 Å². The van der Waals surface area contributed by atoms with E-state index in [1.807, 2.05) is 25.1 Å². The van der Waals surface area contributed by atoms with Gasteiger partial charge in [0.25, 0.3) is 0 Å². The number of halogens is 1. The summed E-state index contributed by atoms with van der Waals surface area (Å²) in [6, 6.07) is 9.22. The fourth-order valence-electron chi connectivity index (χ4n) is 1.65. The Balaban J connectivity index is 2.68. The monoisotopic (exact) mass is 354 g/mol. The second-order valence-corrected chi connectivity index (χ2v) is 5.59. The number of nitrogens with one attached hydrogen (secondary N) is 1. The van der Waals surface area contributed by atoms with E-state index in [1.54, 1.807) is 18.4 Å². The zero-order valence-electron chi connectivity index (χ0n) is 13.1. The van der Waals surface area contributed by atoms with Gasteiger partial charge in [-0.05, 0) is 30.9 Å². The lowest BCUT2D eigenvalue weighted by molar-refractivity contribution is -0.140. The Hall–Kier alpha value is -1.68. The normalized spacial score (nSPS) is 11.4. The van der Waals surface area contributed by atoms with E-state index in [1.165, 1.54) is 11.8 Å². The minimum absolute atomic E-state index is 0.0389. The summed E-state index contributed by atoms with van der Waals surface area (Å²) in [4.78, 5) is 12.0. The van der Waals surface area contributed by atoms with Gasteiger partial charge in [0, 0.05) is 18.2 Å². The molecule has 0 spiro atoms. The fraction of sp³-hybridized carbons (Fsp3) is 0.375. The molecule has 0 fully saturated rings. The summed E-state index contributed by atoms with van der Waals surface area (Å²) in [5, 5.41) is 13.4. The summed E-state index contributed by atoms with van der Waals surface area (Å²) in [7, 11) is 0. The van der Waals surface area contributed by atoms with Crippen LogP contribution in [0.25, 0.3) is 0 Å². The lowest BCUT2D eigenvalue weighted by Crippen LogP contribution is -2.18. The summed E-state index contributed by atoms with van der Waals surface area (Å²) < 4.78 is 10.1. The van der Waals surface area contributed by atoms with E-state index in [9.17, 15) is 10.1 Å². The number of carbonyl (C=O) groups is 1. The number of hydrogen-bond donors (Lipinski definition) is 1. The topological polar surface area (TPSA) is 71.3 Å². The van der Waals surface area contributed by atoms with Crippen LogP contribution in [0.15, 0.2) is 34.9 Å². The van der Waals surface area contributed by atoms with Crippen LogP contribution in [-0.4, -0.2) is 32.0 Å². The van der Waals surface area contributed by atoms with Crippen molar-refractivity contribution in [2.24, 2.45) is 0 Å². The average Bonchev–Trinajstić information content (AvgIpc) is 2.56. The molecule has 1 N–H and O–H groups in total. The van der Waals surface area contributed by atoms with Gasteiger partial charge in [0.15, 0.2) is 5.57 Å². The standard InChI is InChI=1S/C16H19ClN2O3S/c1-3-21-8-9-22-16(20)14(10-18)15(23-2)19-11-12-4-6-13(17)7-5-12/h4-7,19H,3,8-9,11H2,1-2H3/b15-14-. The van der Waals surface area contributed by atoms with Crippen LogP contribution in [0.4, 0.5) is 0 Å². The molecule has 0 aromatic heterocycles. The zero-order valence-corrected chi connectivity index (χ0v) is 14.7. The molecule has 0 heterocycles. The van der Waals surface area contributed by atoms with Crippen molar-refractivity contribution in [2.75, 3.05) is 26.1 Å². The molecule has 1 aromatic rings. The van der Waals surface area contributed by atoms with Gasteiger partial charge in [-0.1, -0.05) is 23.7 Å². The largest absolute Gasteiger partial charge is 0.459 e. The van der Waals surface area contributed by atoms with E-state index >= 15 is 0 Å². The van der Waals surface area contributed by atoms with E-state index in [-0.39, 0.29) is 12.2 Å². The third-order valence-electron chi connectivity index (χ3n) is 2.78. The molecule has 0 radical (unpaired) electrons. The first-order valence-corrected chi connectivity index (χ1v) is 8.64. The molecule has 0 aliphatic heterocycles. The van der Waals surface area contributed by atoms with Crippen LogP contribution in [-0.2, 0) is 20.8 Å². The molecule has 0 saturated carbocycles. The van der Waals surface area contributed by atoms with Crippen LogP contribution in [0.1, 0.15) is 12.5 Å². The first-order valence-electron chi connectivity index (χ1n) is 7.03. The lowest BCUT2D eigenvalue weighted by Gasteiger charge is -2.11. The van der Waals surface area contributed by atoms with E-state index in [0.717, 1.165) is 5.56 Å². The molecule has 0 atom stereocenters. The molecule has 0 amide bonds. The maximum Gasteiger partial charge on any atom is 0.351 e. The number of rotatable bonds is 9. The van der Waals surface area contributed by atoms with Crippen LogP contribution in [0, 0.1) is 11.3 Å². The van der Waals surface area contributed by atoms with Crippen molar-refractivity contribution in [3.05, 3.63) is 45.5 Å². The molecule has 0 bridgehead atoms. The molecule has 7 heteroatoms.